The molecule has 1 aliphatic heterocycles. The standard InChI is InChI=1S/C12H18N2O2S/c1-2-11-6-4-8-14(11)17(15,16)12-7-3-5-10(13)9-12/h3,5,7,9,11H,2,4,6,8,13H2,1H3. The summed E-state index contributed by atoms with van der Waals surface area (Å²) in [6.45, 7) is 2.65. The molecule has 4 nitrogen and oxygen atoms in total. The van der Waals surface area contributed by atoms with Gasteiger partial charge in [-0.1, -0.05) is 13.0 Å². The van der Waals surface area contributed by atoms with E-state index in [-0.39, 0.29) is 6.04 Å². The SMILES string of the molecule is CCC1CCCN1S(=O)(=O)c1cccc(N)c1. The van der Waals surface area contributed by atoms with E-state index in [4.69, 9.17) is 5.73 Å². The van der Waals surface area contributed by atoms with E-state index in [1.165, 1.54) is 6.07 Å². The van der Waals surface area contributed by atoms with Gasteiger partial charge >= 0.3 is 0 Å². The smallest absolute Gasteiger partial charge is 0.243 e. The number of hydrogen-bond acceptors (Lipinski definition) is 3. The minimum Gasteiger partial charge on any atom is -0.399 e. The van der Waals surface area contributed by atoms with Gasteiger partial charge in [-0.2, -0.15) is 4.31 Å². The second-order valence-electron chi connectivity index (χ2n) is 4.39. The van der Waals surface area contributed by atoms with Gasteiger partial charge in [-0.15, -0.1) is 0 Å². The summed E-state index contributed by atoms with van der Waals surface area (Å²) in [5.41, 5.74) is 6.12. The first-order valence-electron chi connectivity index (χ1n) is 5.93. The quantitative estimate of drug-likeness (QED) is 0.837. The van der Waals surface area contributed by atoms with Crippen LogP contribution in [0, 0.1) is 0 Å². The maximum atomic E-state index is 12.4. The van der Waals surface area contributed by atoms with Crippen molar-refractivity contribution in [3.63, 3.8) is 0 Å². The maximum absolute atomic E-state index is 12.4. The van der Waals surface area contributed by atoms with Crippen molar-refractivity contribution in [3.8, 4) is 0 Å². The van der Waals surface area contributed by atoms with Crippen molar-refractivity contribution in [2.45, 2.75) is 37.1 Å². The highest BCUT2D eigenvalue weighted by Crippen LogP contribution is 2.28. The van der Waals surface area contributed by atoms with Gasteiger partial charge in [0.05, 0.1) is 4.90 Å². The number of nitrogen functional groups attached to an aromatic ring is 1. The zero-order chi connectivity index (χ0) is 12.5. The summed E-state index contributed by atoms with van der Waals surface area (Å²) in [7, 11) is -3.37. The monoisotopic (exact) mass is 254 g/mol. The van der Waals surface area contributed by atoms with E-state index in [1.807, 2.05) is 6.92 Å². The van der Waals surface area contributed by atoms with Crippen LogP contribution in [0.25, 0.3) is 0 Å². The van der Waals surface area contributed by atoms with Crippen molar-refractivity contribution < 1.29 is 8.42 Å². The highest BCUT2D eigenvalue weighted by molar-refractivity contribution is 7.89. The average molecular weight is 254 g/mol. The van der Waals surface area contributed by atoms with E-state index >= 15 is 0 Å². The first kappa shape index (κ1) is 12.4. The molecule has 5 heteroatoms. The molecule has 0 radical (unpaired) electrons. The number of sulfonamides is 1. The summed E-state index contributed by atoms with van der Waals surface area (Å²) >= 11 is 0. The molecule has 2 N–H and O–H groups in total. The number of nitrogens with two attached hydrogens (primary N) is 1. The Hall–Kier alpha value is -1.07. The summed E-state index contributed by atoms with van der Waals surface area (Å²) < 4.78 is 26.5. The molecule has 94 valence electrons. The third-order valence-electron chi connectivity index (χ3n) is 3.26. The minimum atomic E-state index is -3.37. The topological polar surface area (TPSA) is 63.4 Å². The average Bonchev–Trinajstić information content (AvgIpc) is 2.77. The van der Waals surface area contributed by atoms with Crippen molar-refractivity contribution >= 4 is 15.7 Å². The molecule has 0 aromatic heterocycles. The van der Waals surface area contributed by atoms with E-state index in [1.54, 1.807) is 22.5 Å². The third-order valence-corrected chi connectivity index (χ3v) is 5.21. The first-order chi connectivity index (χ1) is 8.05. The molecule has 1 heterocycles. The van der Waals surface area contributed by atoms with Crippen LogP contribution in [-0.2, 0) is 10.0 Å². The van der Waals surface area contributed by atoms with Crippen LogP contribution in [0.5, 0.6) is 0 Å². The lowest BCUT2D eigenvalue weighted by Gasteiger charge is -2.23. The predicted octanol–water partition coefficient (Wildman–Crippen LogP) is 1.83. The van der Waals surface area contributed by atoms with Crippen molar-refractivity contribution in [1.29, 1.82) is 0 Å². The van der Waals surface area contributed by atoms with Gasteiger partial charge in [0.2, 0.25) is 10.0 Å². The zero-order valence-corrected chi connectivity index (χ0v) is 10.8. The molecule has 1 unspecified atom stereocenters. The van der Waals surface area contributed by atoms with Gasteiger partial charge in [0, 0.05) is 18.3 Å². The molecule has 0 bridgehead atoms. The Morgan fingerprint density at radius 1 is 1.47 bits per heavy atom. The van der Waals surface area contributed by atoms with Crippen LogP contribution in [-0.4, -0.2) is 25.3 Å². The van der Waals surface area contributed by atoms with Crippen LogP contribution in [0.15, 0.2) is 29.2 Å². The molecule has 1 aromatic carbocycles. The van der Waals surface area contributed by atoms with Crippen molar-refractivity contribution in [2.75, 3.05) is 12.3 Å². The normalized spacial score (nSPS) is 21.8. The molecule has 1 aliphatic rings. The molecule has 0 saturated carbocycles. The molecule has 1 aromatic rings. The zero-order valence-electron chi connectivity index (χ0n) is 9.96. The summed E-state index contributed by atoms with van der Waals surface area (Å²) in [6, 6.07) is 6.65. The number of rotatable bonds is 3. The van der Waals surface area contributed by atoms with Crippen molar-refractivity contribution in [2.24, 2.45) is 0 Å². The van der Waals surface area contributed by atoms with Crippen LogP contribution in [0.2, 0.25) is 0 Å². The second-order valence-corrected chi connectivity index (χ2v) is 6.28. The fourth-order valence-electron chi connectivity index (χ4n) is 2.34. The van der Waals surface area contributed by atoms with Crippen LogP contribution in [0.4, 0.5) is 5.69 Å². The highest BCUT2D eigenvalue weighted by atomic mass is 32.2. The van der Waals surface area contributed by atoms with Gasteiger partial charge in [0.1, 0.15) is 0 Å². The highest BCUT2D eigenvalue weighted by Gasteiger charge is 2.34. The minimum absolute atomic E-state index is 0.140. The molecule has 1 saturated heterocycles. The Kier molecular flexibility index (Phi) is 3.40. The molecule has 2 rings (SSSR count). The fourth-order valence-corrected chi connectivity index (χ4v) is 4.17. The first-order valence-corrected chi connectivity index (χ1v) is 7.37. The van der Waals surface area contributed by atoms with E-state index < -0.39 is 10.0 Å². The van der Waals surface area contributed by atoms with Gasteiger partial charge in [-0.3, -0.25) is 0 Å². The molecule has 0 aliphatic carbocycles. The molecule has 0 spiro atoms. The van der Waals surface area contributed by atoms with E-state index in [0.29, 0.717) is 17.1 Å². The molecular weight excluding hydrogens is 236 g/mol. The van der Waals surface area contributed by atoms with Gasteiger partial charge in [-0.05, 0) is 37.5 Å². The molecule has 1 fully saturated rings. The van der Waals surface area contributed by atoms with Gasteiger partial charge in [-0.25, -0.2) is 8.42 Å². The van der Waals surface area contributed by atoms with Crippen LogP contribution in [0.3, 0.4) is 0 Å². The summed E-state index contributed by atoms with van der Waals surface area (Å²) in [6.07, 6.45) is 2.76. The van der Waals surface area contributed by atoms with Crippen LogP contribution >= 0.6 is 0 Å². The summed E-state index contributed by atoms with van der Waals surface area (Å²) in [5.74, 6) is 0. The predicted molar refractivity (Wildman–Crippen MR) is 68.1 cm³/mol. The Morgan fingerprint density at radius 3 is 2.88 bits per heavy atom. The van der Waals surface area contributed by atoms with Crippen molar-refractivity contribution in [3.05, 3.63) is 24.3 Å². The largest absolute Gasteiger partial charge is 0.399 e. The lowest BCUT2D eigenvalue weighted by Crippen LogP contribution is -2.35. The van der Waals surface area contributed by atoms with E-state index in [0.717, 1.165) is 19.3 Å². The Morgan fingerprint density at radius 2 is 2.24 bits per heavy atom. The Balaban J connectivity index is 2.36. The third kappa shape index (κ3) is 2.30. The molecule has 0 amide bonds. The lowest BCUT2D eigenvalue weighted by molar-refractivity contribution is 0.379. The lowest BCUT2D eigenvalue weighted by atomic mass is 10.2. The molecule has 1 atom stereocenters. The van der Waals surface area contributed by atoms with E-state index in [9.17, 15) is 8.42 Å². The number of benzene rings is 1. The van der Waals surface area contributed by atoms with Crippen molar-refractivity contribution in [1.82, 2.24) is 4.31 Å². The Bertz CT molecular complexity index is 499. The molecular formula is C12H18N2O2S. The van der Waals surface area contributed by atoms with Gasteiger partial charge in [0.15, 0.2) is 0 Å². The number of hydrogen-bond donors (Lipinski definition) is 1. The molecule has 17 heavy (non-hydrogen) atoms. The van der Waals surface area contributed by atoms with E-state index in [2.05, 4.69) is 0 Å². The number of anilines is 1. The van der Waals surface area contributed by atoms with Crippen LogP contribution in [0.1, 0.15) is 26.2 Å². The summed E-state index contributed by atoms with van der Waals surface area (Å²) in [4.78, 5) is 0.304. The van der Waals surface area contributed by atoms with Gasteiger partial charge in [0.25, 0.3) is 0 Å². The maximum Gasteiger partial charge on any atom is 0.243 e. The second kappa shape index (κ2) is 4.66. The Labute approximate surface area is 102 Å². The number of nitrogens with zero attached hydrogens (tertiary/aromatic N) is 1. The fraction of sp³-hybridized carbons (Fsp3) is 0.500. The van der Waals surface area contributed by atoms with Crippen LogP contribution < -0.4 is 5.73 Å². The van der Waals surface area contributed by atoms with Gasteiger partial charge < -0.3 is 5.73 Å². The summed E-state index contributed by atoms with van der Waals surface area (Å²) in [5, 5.41) is 0.